The van der Waals surface area contributed by atoms with E-state index in [0.29, 0.717) is 5.69 Å². The number of para-hydroxylation sites is 1. The lowest BCUT2D eigenvalue weighted by molar-refractivity contribution is 0.570. The van der Waals surface area contributed by atoms with E-state index in [9.17, 15) is 12.8 Å². The molecule has 0 aromatic heterocycles. The lowest BCUT2D eigenvalue weighted by Gasteiger charge is -2.17. The molecule has 112 valence electrons. The van der Waals surface area contributed by atoms with E-state index in [0.717, 1.165) is 17.2 Å². The van der Waals surface area contributed by atoms with Gasteiger partial charge in [-0.2, -0.15) is 0 Å². The van der Waals surface area contributed by atoms with Gasteiger partial charge in [-0.15, -0.1) is 0 Å². The van der Waals surface area contributed by atoms with Gasteiger partial charge in [0, 0.05) is 0 Å². The average molecular weight is 307 g/mol. The Hall–Kier alpha value is -1.88. The molecule has 0 radical (unpaired) electrons. The smallest absolute Gasteiger partial charge is 0.264 e. The molecule has 0 aliphatic carbocycles. The van der Waals surface area contributed by atoms with Crippen molar-refractivity contribution in [2.24, 2.45) is 0 Å². The number of anilines is 1. The molecule has 1 N–H and O–H groups in total. The molecule has 2 rings (SSSR count). The van der Waals surface area contributed by atoms with Crippen molar-refractivity contribution in [2.75, 3.05) is 4.72 Å². The minimum Gasteiger partial charge on any atom is -0.279 e. The summed E-state index contributed by atoms with van der Waals surface area (Å²) < 4.78 is 41.1. The number of sulfonamides is 1. The molecule has 3 nitrogen and oxygen atoms in total. The van der Waals surface area contributed by atoms with Gasteiger partial charge in [0.25, 0.3) is 10.0 Å². The third kappa shape index (κ3) is 3.24. The summed E-state index contributed by atoms with van der Waals surface area (Å²) in [5.74, 6) is -0.604. The average Bonchev–Trinajstić information content (AvgIpc) is 2.41. The summed E-state index contributed by atoms with van der Waals surface area (Å²) in [6.07, 6.45) is 0. The molecule has 0 saturated carbocycles. The Morgan fingerprint density at radius 2 is 1.71 bits per heavy atom. The van der Waals surface area contributed by atoms with Gasteiger partial charge >= 0.3 is 0 Å². The molecule has 21 heavy (non-hydrogen) atoms. The minimum absolute atomic E-state index is 0.156. The molecule has 0 spiro atoms. The minimum atomic E-state index is -3.95. The first-order valence-corrected chi connectivity index (χ1v) is 8.18. The molecule has 0 heterocycles. The first-order valence-electron chi connectivity index (χ1n) is 6.70. The van der Waals surface area contributed by atoms with Gasteiger partial charge in [0.05, 0.1) is 5.69 Å². The zero-order chi connectivity index (χ0) is 15.6. The molecule has 2 aromatic rings. The van der Waals surface area contributed by atoms with Crippen molar-refractivity contribution in [1.82, 2.24) is 0 Å². The number of halogens is 1. The van der Waals surface area contributed by atoms with Crippen molar-refractivity contribution >= 4 is 15.7 Å². The molecular formula is C16H18FNO2S. The molecule has 2 aromatic carbocycles. The van der Waals surface area contributed by atoms with Gasteiger partial charge < -0.3 is 0 Å². The van der Waals surface area contributed by atoms with Crippen LogP contribution >= 0.6 is 0 Å². The van der Waals surface area contributed by atoms with Gasteiger partial charge in [-0.25, -0.2) is 12.8 Å². The van der Waals surface area contributed by atoms with Crippen molar-refractivity contribution in [1.29, 1.82) is 0 Å². The maximum Gasteiger partial charge on any atom is 0.264 e. The van der Waals surface area contributed by atoms with E-state index in [1.54, 1.807) is 0 Å². The predicted octanol–water partition coefficient (Wildman–Crippen LogP) is 4.06. The summed E-state index contributed by atoms with van der Waals surface area (Å²) in [6.45, 7) is 5.79. The molecule has 0 amide bonds. The van der Waals surface area contributed by atoms with E-state index in [2.05, 4.69) is 4.72 Å². The number of hydrogen-bond donors (Lipinski definition) is 1. The van der Waals surface area contributed by atoms with Crippen LogP contribution in [-0.2, 0) is 10.0 Å². The number of aryl methyl sites for hydroxylation is 1. The fourth-order valence-electron chi connectivity index (χ4n) is 2.16. The number of rotatable bonds is 4. The van der Waals surface area contributed by atoms with Crippen molar-refractivity contribution in [3.8, 4) is 0 Å². The van der Waals surface area contributed by atoms with Gasteiger partial charge in [-0.05, 0) is 36.1 Å². The summed E-state index contributed by atoms with van der Waals surface area (Å²) in [6, 6.07) is 10.9. The molecule has 0 saturated heterocycles. The highest BCUT2D eigenvalue weighted by atomic mass is 32.2. The third-order valence-corrected chi connectivity index (χ3v) is 4.67. The largest absolute Gasteiger partial charge is 0.279 e. The van der Waals surface area contributed by atoms with E-state index in [1.807, 2.05) is 39.0 Å². The summed E-state index contributed by atoms with van der Waals surface area (Å²) in [4.78, 5) is -0.344. The van der Waals surface area contributed by atoms with Crippen molar-refractivity contribution < 1.29 is 12.8 Å². The summed E-state index contributed by atoms with van der Waals surface area (Å²) in [5, 5.41) is 0. The second kappa shape index (κ2) is 5.85. The zero-order valence-electron chi connectivity index (χ0n) is 12.2. The van der Waals surface area contributed by atoms with Gasteiger partial charge in [0.15, 0.2) is 0 Å². The standard InChI is InChI=1S/C16H18FNO2S/c1-11(2)13-8-6-7-12(3)16(13)18-21(19,20)15-10-5-4-9-14(15)17/h4-11,18H,1-3H3. The molecule has 0 bridgehead atoms. The second-order valence-electron chi connectivity index (χ2n) is 5.23. The Bertz CT molecular complexity index is 755. The lowest BCUT2D eigenvalue weighted by atomic mass is 9.99. The lowest BCUT2D eigenvalue weighted by Crippen LogP contribution is -2.16. The van der Waals surface area contributed by atoms with Crippen LogP contribution in [0.15, 0.2) is 47.4 Å². The Kier molecular flexibility index (Phi) is 4.32. The zero-order valence-corrected chi connectivity index (χ0v) is 13.0. The Morgan fingerprint density at radius 1 is 1.05 bits per heavy atom. The van der Waals surface area contributed by atoms with Gasteiger partial charge in [-0.3, -0.25) is 4.72 Å². The van der Waals surface area contributed by atoms with E-state index >= 15 is 0 Å². The highest BCUT2D eigenvalue weighted by Crippen LogP contribution is 2.29. The van der Waals surface area contributed by atoms with Gasteiger partial charge in [0.2, 0.25) is 0 Å². The number of hydrogen-bond acceptors (Lipinski definition) is 2. The van der Waals surface area contributed by atoms with Crippen LogP contribution in [-0.4, -0.2) is 8.42 Å². The van der Waals surface area contributed by atoms with Gasteiger partial charge in [-0.1, -0.05) is 44.2 Å². The topological polar surface area (TPSA) is 46.2 Å². The van der Waals surface area contributed by atoms with Crippen LogP contribution in [0.25, 0.3) is 0 Å². The normalized spacial score (nSPS) is 11.7. The molecule has 0 aliphatic rings. The fourth-order valence-corrected chi connectivity index (χ4v) is 3.40. The van der Waals surface area contributed by atoms with Crippen molar-refractivity contribution in [3.63, 3.8) is 0 Å². The van der Waals surface area contributed by atoms with Crippen LogP contribution in [0.1, 0.15) is 30.9 Å². The van der Waals surface area contributed by atoms with E-state index in [-0.39, 0.29) is 10.8 Å². The Morgan fingerprint density at radius 3 is 2.33 bits per heavy atom. The summed E-state index contributed by atoms with van der Waals surface area (Å²) >= 11 is 0. The quantitative estimate of drug-likeness (QED) is 0.926. The number of nitrogens with one attached hydrogen (secondary N) is 1. The monoisotopic (exact) mass is 307 g/mol. The number of benzene rings is 2. The van der Waals surface area contributed by atoms with E-state index in [4.69, 9.17) is 0 Å². The predicted molar refractivity (Wildman–Crippen MR) is 82.5 cm³/mol. The molecule has 0 atom stereocenters. The van der Waals surface area contributed by atoms with Crippen LogP contribution in [0.3, 0.4) is 0 Å². The van der Waals surface area contributed by atoms with Crippen LogP contribution in [0.5, 0.6) is 0 Å². The van der Waals surface area contributed by atoms with E-state index < -0.39 is 15.8 Å². The maximum atomic E-state index is 13.7. The maximum absolute atomic E-state index is 13.7. The van der Waals surface area contributed by atoms with Crippen LogP contribution in [0.2, 0.25) is 0 Å². The summed E-state index contributed by atoms with van der Waals surface area (Å²) in [7, 11) is -3.95. The Labute approximate surface area is 124 Å². The first kappa shape index (κ1) is 15.5. The van der Waals surface area contributed by atoms with Crippen LogP contribution in [0, 0.1) is 12.7 Å². The molecular weight excluding hydrogens is 289 g/mol. The van der Waals surface area contributed by atoms with Crippen molar-refractivity contribution in [3.05, 3.63) is 59.4 Å². The fraction of sp³-hybridized carbons (Fsp3) is 0.250. The third-order valence-electron chi connectivity index (χ3n) is 3.29. The molecule has 0 aliphatic heterocycles. The summed E-state index contributed by atoms with van der Waals surface area (Å²) in [5.41, 5.74) is 2.21. The van der Waals surface area contributed by atoms with E-state index in [1.165, 1.54) is 18.2 Å². The van der Waals surface area contributed by atoms with Crippen molar-refractivity contribution in [2.45, 2.75) is 31.6 Å². The van der Waals surface area contributed by atoms with Crippen LogP contribution < -0.4 is 4.72 Å². The first-order chi connectivity index (χ1) is 9.83. The molecule has 5 heteroatoms. The molecule has 0 fully saturated rings. The molecule has 0 unspecified atom stereocenters. The highest BCUT2D eigenvalue weighted by molar-refractivity contribution is 7.92. The SMILES string of the molecule is Cc1cccc(C(C)C)c1NS(=O)(=O)c1ccccc1F. The Balaban J connectivity index is 2.50. The van der Waals surface area contributed by atoms with Crippen LogP contribution in [0.4, 0.5) is 10.1 Å². The van der Waals surface area contributed by atoms with Gasteiger partial charge in [0.1, 0.15) is 10.7 Å². The highest BCUT2D eigenvalue weighted by Gasteiger charge is 2.21. The second-order valence-corrected chi connectivity index (χ2v) is 6.88.